The van der Waals surface area contributed by atoms with Crippen LogP contribution in [-0.4, -0.2) is 8.75 Å². The lowest BCUT2D eigenvalue weighted by molar-refractivity contribution is 0.508. The predicted octanol–water partition coefficient (Wildman–Crippen LogP) is 4.01. The number of aryl methyl sites for hydroxylation is 1. The highest BCUT2D eigenvalue weighted by Gasteiger charge is 2.21. The first-order valence-electron chi connectivity index (χ1n) is 4.84. The number of nitrogens with zero attached hydrogens (tertiary/aromatic N) is 2. The van der Waals surface area contributed by atoms with Crippen molar-refractivity contribution >= 4 is 34.1 Å². The minimum atomic E-state index is -0.842. The van der Waals surface area contributed by atoms with E-state index in [2.05, 4.69) is 8.75 Å². The maximum absolute atomic E-state index is 14.0. The van der Waals surface area contributed by atoms with Crippen molar-refractivity contribution in [2.45, 2.75) is 6.92 Å². The SMILES string of the molecule is Cc1c(F)c(F)c(-c2cccs2)c2nsnc12. The zero-order valence-corrected chi connectivity index (χ0v) is 10.3. The van der Waals surface area contributed by atoms with Crippen LogP contribution < -0.4 is 0 Å². The van der Waals surface area contributed by atoms with E-state index in [-0.39, 0.29) is 11.1 Å². The van der Waals surface area contributed by atoms with Gasteiger partial charge in [-0.15, -0.1) is 11.3 Å². The number of fused-ring (bicyclic) bond motifs is 1. The van der Waals surface area contributed by atoms with Crippen molar-refractivity contribution in [3.63, 3.8) is 0 Å². The van der Waals surface area contributed by atoms with Gasteiger partial charge in [0.2, 0.25) is 0 Å². The van der Waals surface area contributed by atoms with Gasteiger partial charge in [0.1, 0.15) is 11.0 Å². The van der Waals surface area contributed by atoms with E-state index in [1.165, 1.54) is 18.3 Å². The quantitative estimate of drug-likeness (QED) is 0.666. The van der Waals surface area contributed by atoms with E-state index >= 15 is 0 Å². The van der Waals surface area contributed by atoms with Gasteiger partial charge in [-0.25, -0.2) is 8.78 Å². The van der Waals surface area contributed by atoms with Gasteiger partial charge >= 0.3 is 0 Å². The molecule has 1 aromatic carbocycles. The number of benzene rings is 1. The molecule has 6 heteroatoms. The van der Waals surface area contributed by atoms with Gasteiger partial charge < -0.3 is 0 Å². The van der Waals surface area contributed by atoms with Gasteiger partial charge in [0.25, 0.3) is 0 Å². The van der Waals surface area contributed by atoms with E-state index in [1.54, 1.807) is 12.1 Å². The minimum absolute atomic E-state index is 0.214. The molecule has 0 aliphatic heterocycles. The highest BCUT2D eigenvalue weighted by molar-refractivity contribution is 7.13. The molecule has 0 aliphatic carbocycles. The number of rotatable bonds is 1. The first-order valence-corrected chi connectivity index (χ1v) is 6.45. The molecule has 2 nitrogen and oxygen atoms in total. The van der Waals surface area contributed by atoms with Crippen LogP contribution in [0, 0.1) is 18.6 Å². The van der Waals surface area contributed by atoms with Crippen LogP contribution in [0.1, 0.15) is 5.56 Å². The molecule has 0 aliphatic rings. The molecule has 0 fully saturated rings. The fourth-order valence-corrected chi connectivity index (χ4v) is 3.10. The van der Waals surface area contributed by atoms with Gasteiger partial charge in [0.05, 0.1) is 17.3 Å². The summed E-state index contributed by atoms with van der Waals surface area (Å²) < 4.78 is 35.8. The zero-order valence-electron chi connectivity index (χ0n) is 8.70. The summed E-state index contributed by atoms with van der Waals surface area (Å²) in [7, 11) is 0. The summed E-state index contributed by atoms with van der Waals surface area (Å²) in [5.41, 5.74) is 1.31. The number of aromatic nitrogens is 2. The zero-order chi connectivity index (χ0) is 12.0. The van der Waals surface area contributed by atoms with E-state index in [4.69, 9.17) is 0 Å². The number of hydrogen-bond donors (Lipinski definition) is 0. The van der Waals surface area contributed by atoms with Crippen LogP contribution in [-0.2, 0) is 0 Å². The van der Waals surface area contributed by atoms with E-state index in [1.807, 2.05) is 5.38 Å². The van der Waals surface area contributed by atoms with Crippen LogP contribution in [0.15, 0.2) is 17.5 Å². The molecule has 0 spiro atoms. The van der Waals surface area contributed by atoms with Gasteiger partial charge in [0, 0.05) is 10.4 Å². The molecular formula is C11H6F2N2S2. The van der Waals surface area contributed by atoms with Gasteiger partial charge in [-0.1, -0.05) is 6.07 Å². The predicted molar refractivity (Wildman–Crippen MR) is 65.4 cm³/mol. The Morgan fingerprint density at radius 3 is 2.59 bits per heavy atom. The van der Waals surface area contributed by atoms with Crippen LogP contribution in [0.2, 0.25) is 0 Å². The van der Waals surface area contributed by atoms with Crippen molar-refractivity contribution in [3.05, 3.63) is 34.7 Å². The monoisotopic (exact) mass is 268 g/mol. The van der Waals surface area contributed by atoms with Crippen molar-refractivity contribution < 1.29 is 8.78 Å². The Hall–Kier alpha value is -1.40. The Morgan fingerprint density at radius 2 is 1.88 bits per heavy atom. The molecule has 86 valence electrons. The standard InChI is InChI=1S/C11H6F2N2S2/c1-5-8(12)9(13)7(6-3-2-4-16-6)11-10(5)14-17-15-11/h2-4H,1H3. The average molecular weight is 268 g/mol. The number of hydrogen-bond acceptors (Lipinski definition) is 4. The molecule has 0 bridgehead atoms. The van der Waals surface area contributed by atoms with Crippen LogP contribution in [0.3, 0.4) is 0 Å². The maximum atomic E-state index is 14.0. The summed E-state index contributed by atoms with van der Waals surface area (Å²) >= 11 is 2.32. The van der Waals surface area contributed by atoms with Gasteiger partial charge in [-0.05, 0) is 18.4 Å². The first-order chi connectivity index (χ1) is 8.20. The van der Waals surface area contributed by atoms with Crippen LogP contribution in [0.25, 0.3) is 21.5 Å². The Morgan fingerprint density at radius 1 is 1.12 bits per heavy atom. The van der Waals surface area contributed by atoms with Crippen LogP contribution >= 0.6 is 23.1 Å². The molecule has 2 aromatic heterocycles. The lowest BCUT2D eigenvalue weighted by Crippen LogP contribution is -1.95. The van der Waals surface area contributed by atoms with Gasteiger partial charge in [-0.2, -0.15) is 8.75 Å². The second-order valence-electron chi connectivity index (χ2n) is 3.57. The molecule has 3 rings (SSSR count). The third-order valence-corrected chi connectivity index (χ3v) is 4.01. The molecule has 3 aromatic rings. The topological polar surface area (TPSA) is 25.8 Å². The molecular weight excluding hydrogens is 262 g/mol. The molecule has 0 atom stereocenters. The fourth-order valence-electron chi connectivity index (χ4n) is 1.73. The summed E-state index contributed by atoms with van der Waals surface area (Å²) in [6.07, 6.45) is 0. The normalized spacial score (nSPS) is 11.2. The fraction of sp³-hybridized carbons (Fsp3) is 0.0909. The second kappa shape index (κ2) is 3.82. The summed E-state index contributed by atoms with van der Waals surface area (Å²) in [6.45, 7) is 1.51. The summed E-state index contributed by atoms with van der Waals surface area (Å²) in [4.78, 5) is 0.666. The van der Waals surface area contributed by atoms with Crippen molar-refractivity contribution in [1.82, 2.24) is 8.75 Å². The molecule has 2 heterocycles. The molecule has 0 amide bonds. The van der Waals surface area contributed by atoms with Gasteiger partial charge in [-0.3, -0.25) is 0 Å². The highest BCUT2D eigenvalue weighted by atomic mass is 32.1. The van der Waals surface area contributed by atoms with E-state index < -0.39 is 11.6 Å². The molecule has 0 N–H and O–H groups in total. The van der Waals surface area contributed by atoms with Crippen molar-refractivity contribution in [3.8, 4) is 10.4 Å². The minimum Gasteiger partial charge on any atom is -0.203 e. The van der Waals surface area contributed by atoms with Crippen molar-refractivity contribution in [2.75, 3.05) is 0 Å². The summed E-state index contributed by atoms with van der Waals surface area (Å²) in [5.74, 6) is -1.68. The van der Waals surface area contributed by atoms with Crippen molar-refractivity contribution in [1.29, 1.82) is 0 Å². The lowest BCUT2D eigenvalue weighted by atomic mass is 10.1. The molecule has 17 heavy (non-hydrogen) atoms. The largest absolute Gasteiger partial charge is 0.203 e. The maximum Gasteiger partial charge on any atom is 0.170 e. The number of thiophene rings is 1. The van der Waals surface area contributed by atoms with E-state index in [9.17, 15) is 8.78 Å². The molecule has 0 saturated heterocycles. The Bertz CT molecular complexity index is 689. The smallest absolute Gasteiger partial charge is 0.170 e. The Balaban J connectivity index is 2.49. The molecule has 0 saturated carbocycles. The van der Waals surface area contributed by atoms with E-state index in [0.717, 1.165) is 11.7 Å². The van der Waals surface area contributed by atoms with Crippen LogP contribution in [0.5, 0.6) is 0 Å². The Labute approximate surface area is 104 Å². The molecule has 0 radical (unpaired) electrons. The summed E-state index contributed by atoms with van der Waals surface area (Å²) in [5, 5.41) is 1.82. The third kappa shape index (κ3) is 1.48. The van der Waals surface area contributed by atoms with Crippen LogP contribution in [0.4, 0.5) is 8.78 Å². The molecule has 0 unspecified atom stereocenters. The highest BCUT2D eigenvalue weighted by Crippen LogP contribution is 2.36. The van der Waals surface area contributed by atoms with E-state index in [0.29, 0.717) is 15.9 Å². The first kappa shape index (κ1) is 10.7. The van der Waals surface area contributed by atoms with Crippen molar-refractivity contribution in [2.24, 2.45) is 0 Å². The average Bonchev–Trinajstić information content (AvgIpc) is 2.97. The number of halogens is 2. The third-order valence-electron chi connectivity index (χ3n) is 2.59. The van der Waals surface area contributed by atoms with Gasteiger partial charge in [0.15, 0.2) is 11.6 Å². The lowest BCUT2D eigenvalue weighted by Gasteiger charge is -2.05. The summed E-state index contributed by atoms with van der Waals surface area (Å²) in [6, 6.07) is 3.54. The second-order valence-corrected chi connectivity index (χ2v) is 5.04. The Kier molecular flexibility index (Phi) is 2.41.